The van der Waals surface area contributed by atoms with Crippen LogP contribution in [0.1, 0.15) is 17.2 Å². The molecule has 2 aromatic carbocycles. The second-order valence-electron chi connectivity index (χ2n) is 3.98. The van der Waals surface area contributed by atoms with E-state index in [1.54, 1.807) is 12.1 Å². The lowest BCUT2D eigenvalue weighted by atomic mass is 10.1. The molecule has 2 rings (SSSR count). The molecule has 0 aromatic heterocycles. The zero-order valence-electron chi connectivity index (χ0n) is 9.88. The summed E-state index contributed by atoms with van der Waals surface area (Å²) >= 11 is 0. The van der Waals surface area contributed by atoms with Gasteiger partial charge in [0.1, 0.15) is 0 Å². The molecule has 0 amide bonds. The van der Waals surface area contributed by atoms with Gasteiger partial charge in [-0.25, -0.2) is 0 Å². The lowest BCUT2D eigenvalue weighted by Gasteiger charge is -2.18. The number of aliphatic hydroxyl groups is 1. The standard InChI is InChI=1S/C15H14N2O/c16-10-12-5-4-8-14(9-12)17-15(11-18)13-6-2-1-3-7-13/h1-9,15,17-18H,11H2. The first-order chi connectivity index (χ1) is 8.83. The first kappa shape index (κ1) is 12.2. The summed E-state index contributed by atoms with van der Waals surface area (Å²) in [5, 5.41) is 21.5. The molecule has 0 spiro atoms. The number of nitrogens with zero attached hydrogens (tertiary/aromatic N) is 1. The van der Waals surface area contributed by atoms with Gasteiger partial charge in [0.05, 0.1) is 24.3 Å². The quantitative estimate of drug-likeness (QED) is 0.861. The van der Waals surface area contributed by atoms with E-state index in [1.165, 1.54) is 0 Å². The summed E-state index contributed by atoms with van der Waals surface area (Å²) in [5.74, 6) is 0. The lowest BCUT2D eigenvalue weighted by molar-refractivity contribution is 0.276. The summed E-state index contributed by atoms with van der Waals surface area (Å²) in [4.78, 5) is 0. The van der Waals surface area contributed by atoms with E-state index >= 15 is 0 Å². The monoisotopic (exact) mass is 238 g/mol. The van der Waals surface area contributed by atoms with Crippen molar-refractivity contribution in [3.63, 3.8) is 0 Å². The van der Waals surface area contributed by atoms with Crippen molar-refractivity contribution >= 4 is 5.69 Å². The van der Waals surface area contributed by atoms with Gasteiger partial charge in [0.25, 0.3) is 0 Å². The number of hydrogen-bond acceptors (Lipinski definition) is 3. The molecule has 0 aliphatic carbocycles. The Balaban J connectivity index is 2.18. The maximum Gasteiger partial charge on any atom is 0.0992 e. The molecule has 0 aliphatic heterocycles. The number of nitrogens with one attached hydrogen (secondary N) is 1. The van der Waals surface area contributed by atoms with Crippen molar-refractivity contribution in [1.29, 1.82) is 5.26 Å². The van der Waals surface area contributed by atoms with Gasteiger partial charge in [-0.15, -0.1) is 0 Å². The van der Waals surface area contributed by atoms with E-state index in [9.17, 15) is 5.11 Å². The lowest BCUT2D eigenvalue weighted by Crippen LogP contribution is -2.14. The maximum atomic E-state index is 9.44. The van der Waals surface area contributed by atoms with Gasteiger partial charge in [-0.1, -0.05) is 36.4 Å². The summed E-state index contributed by atoms with van der Waals surface area (Å²) in [6.45, 7) is 0.000788. The van der Waals surface area contributed by atoms with E-state index in [4.69, 9.17) is 5.26 Å². The Morgan fingerprint density at radius 1 is 1.11 bits per heavy atom. The molecule has 2 aromatic rings. The highest BCUT2D eigenvalue weighted by Gasteiger charge is 2.09. The second-order valence-corrected chi connectivity index (χ2v) is 3.98. The largest absolute Gasteiger partial charge is 0.394 e. The molecule has 0 radical (unpaired) electrons. The minimum absolute atomic E-state index is 0.000788. The topological polar surface area (TPSA) is 56.0 Å². The van der Waals surface area contributed by atoms with Crippen molar-refractivity contribution in [1.82, 2.24) is 0 Å². The number of rotatable bonds is 4. The van der Waals surface area contributed by atoms with Crippen LogP contribution in [0.3, 0.4) is 0 Å². The number of benzene rings is 2. The average molecular weight is 238 g/mol. The summed E-state index contributed by atoms with van der Waals surface area (Å²) in [6, 6.07) is 18.9. The first-order valence-corrected chi connectivity index (χ1v) is 5.76. The third-order valence-corrected chi connectivity index (χ3v) is 2.72. The molecule has 0 aliphatic rings. The highest BCUT2D eigenvalue weighted by Crippen LogP contribution is 2.19. The predicted octanol–water partition coefficient (Wildman–Crippen LogP) is 2.70. The maximum absolute atomic E-state index is 9.44. The van der Waals surface area contributed by atoms with Crippen LogP contribution in [0.5, 0.6) is 0 Å². The number of nitriles is 1. The normalized spacial score (nSPS) is 11.6. The fourth-order valence-electron chi connectivity index (χ4n) is 1.80. The molecule has 3 heteroatoms. The summed E-state index contributed by atoms with van der Waals surface area (Å²) < 4.78 is 0. The van der Waals surface area contributed by atoms with E-state index in [2.05, 4.69) is 11.4 Å². The molecule has 1 unspecified atom stereocenters. The molecule has 0 bridgehead atoms. The van der Waals surface area contributed by atoms with Crippen molar-refractivity contribution in [2.45, 2.75) is 6.04 Å². The Kier molecular flexibility index (Phi) is 3.95. The molecule has 2 N–H and O–H groups in total. The van der Waals surface area contributed by atoms with Crippen molar-refractivity contribution in [2.75, 3.05) is 11.9 Å². The zero-order valence-corrected chi connectivity index (χ0v) is 9.88. The second kappa shape index (κ2) is 5.85. The minimum atomic E-state index is -0.167. The third-order valence-electron chi connectivity index (χ3n) is 2.72. The summed E-state index contributed by atoms with van der Waals surface area (Å²) in [7, 11) is 0. The van der Waals surface area contributed by atoms with Crippen molar-refractivity contribution < 1.29 is 5.11 Å². The average Bonchev–Trinajstić information content (AvgIpc) is 2.46. The van der Waals surface area contributed by atoms with Crippen LogP contribution in [0.25, 0.3) is 0 Å². The van der Waals surface area contributed by atoms with E-state index in [-0.39, 0.29) is 12.6 Å². The van der Waals surface area contributed by atoms with Gasteiger partial charge in [0, 0.05) is 5.69 Å². The van der Waals surface area contributed by atoms with Gasteiger partial charge in [-0.2, -0.15) is 5.26 Å². The van der Waals surface area contributed by atoms with Crippen LogP contribution in [-0.4, -0.2) is 11.7 Å². The minimum Gasteiger partial charge on any atom is -0.394 e. The highest BCUT2D eigenvalue weighted by atomic mass is 16.3. The van der Waals surface area contributed by atoms with Crippen LogP contribution < -0.4 is 5.32 Å². The molecule has 0 fully saturated rings. The van der Waals surface area contributed by atoms with Gasteiger partial charge < -0.3 is 10.4 Å². The SMILES string of the molecule is N#Cc1cccc(NC(CO)c2ccccc2)c1. The zero-order chi connectivity index (χ0) is 12.8. The summed E-state index contributed by atoms with van der Waals surface area (Å²) in [6.07, 6.45) is 0. The van der Waals surface area contributed by atoms with E-state index in [0.29, 0.717) is 5.56 Å². The van der Waals surface area contributed by atoms with Gasteiger partial charge in [-0.3, -0.25) is 0 Å². The Labute approximate surface area is 106 Å². The Hall–Kier alpha value is -2.31. The van der Waals surface area contributed by atoms with Crippen LogP contribution in [0.15, 0.2) is 54.6 Å². The van der Waals surface area contributed by atoms with Crippen LogP contribution in [0.4, 0.5) is 5.69 Å². The first-order valence-electron chi connectivity index (χ1n) is 5.76. The fraction of sp³-hybridized carbons (Fsp3) is 0.133. The van der Waals surface area contributed by atoms with Crippen LogP contribution in [-0.2, 0) is 0 Å². The molecule has 1 atom stereocenters. The molecular formula is C15H14N2O. The molecule has 18 heavy (non-hydrogen) atoms. The number of hydrogen-bond donors (Lipinski definition) is 2. The van der Waals surface area contributed by atoms with Crippen LogP contribution in [0, 0.1) is 11.3 Å². The smallest absolute Gasteiger partial charge is 0.0992 e. The number of aliphatic hydroxyl groups excluding tert-OH is 1. The van der Waals surface area contributed by atoms with Gasteiger partial charge in [0.2, 0.25) is 0 Å². The number of anilines is 1. The molecule has 0 saturated carbocycles. The van der Waals surface area contributed by atoms with E-state index in [1.807, 2.05) is 42.5 Å². The van der Waals surface area contributed by atoms with Gasteiger partial charge in [0.15, 0.2) is 0 Å². The van der Waals surface area contributed by atoms with Crippen LogP contribution >= 0.6 is 0 Å². The van der Waals surface area contributed by atoms with Crippen molar-refractivity contribution in [3.05, 3.63) is 65.7 Å². The van der Waals surface area contributed by atoms with Gasteiger partial charge in [-0.05, 0) is 23.8 Å². The van der Waals surface area contributed by atoms with Gasteiger partial charge >= 0.3 is 0 Å². The molecule has 0 heterocycles. The Morgan fingerprint density at radius 3 is 2.56 bits per heavy atom. The van der Waals surface area contributed by atoms with E-state index < -0.39 is 0 Å². The van der Waals surface area contributed by atoms with Crippen molar-refractivity contribution in [2.24, 2.45) is 0 Å². The van der Waals surface area contributed by atoms with Crippen LogP contribution in [0.2, 0.25) is 0 Å². The van der Waals surface area contributed by atoms with E-state index in [0.717, 1.165) is 11.3 Å². The molecular weight excluding hydrogens is 224 g/mol. The van der Waals surface area contributed by atoms with Crippen molar-refractivity contribution in [3.8, 4) is 6.07 Å². The Bertz CT molecular complexity index is 546. The Morgan fingerprint density at radius 2 is 1.89 bits per heavy atom. The summed E-state index contributed by atoms with van der Waals surface area (Å²) in [5.41, 5.74) is 2.45. The molecule has 90 valence electrons. The fourth-order valence-corrected chi connectivity index (χ4v) is 1.80. The highest BCUT2D eigenvalue weighted by molar-refractivity contribution is 5.50. The molecule has 3 nitrogen and oxygen atoms in total. The third kappa shape index (κ3) is 2.88. The predicted molar refractivity (Wildman–Crippen MR) is 71.0 cm³/mol. The molecule has 0 saturated heterocycles.